The van der Waals surface area contributed by atoms with Crippen LogP contribution in [0.4, 0.5) is 10.3 Å². The number of halogens is 1. The fraction of sp³-hybridized carbons (Fsp3) is 0.350. The van der Waals surface area contributed by atoms with Crippen molar-refractivity contribution in [2.75, 3.05) is 24.6 Å². The normalized spacial score (nSPS) is 17.2. The van der Waals surface area contributed by atoms with Gasteiger partial charge in [0.1, 0.15) is 12.1 Å². The predicted octanol–water partition coefficient (Wildman–Crippen LogP) is 2.59. The molecule has 4 rings (SSSR count). The van der Waals surface area contributed by atoms with Crippen LogP contribution in [0.1, 0.15) is 19.4 Å². The Balaban J connectivity index is 1.31. The summed E-state index contributed by atoms with van der Waals surface area (Å²) >= 11 is 0. The van der Waals surface area contributed by atoms with Crippen LogP contribution in [0.3, 0.4) is 0 Å². The number of anilines is 1. The van der Waals surface area contributed by atoms with E-state index in [1.807, 2.05) is 18.7 Å². The van der Waals surface area contributed by atoms with Crippen LogP contribution in [0.5, 0.6) is 0 Å². The summed E-state index contributed by atoms with van der Waals surface area (Å²) < 4.78 is 25.2. The first-order valence-corrected chi connectivity index (χ1v) is 9.14. The summed E-state index contributed by atoms with van der Waals surface area (Å²) in [4.78, 5) is 15.8. The van der Waals surface area contributed by atoms with Crippen LogP contribution in [0.25, 0.3) is 11.1 Å². The zero-order chi connectivity index (χ0) is 20.4. The number of hydrogen-bond donors (Lipinski definition) is 1. The lowest BCUT2D eigenvalue weighted by Crippen LogP contribution is -2.48. The highest BCUT2D eigenvalue weighted by molar-refractivity contribution is 5.98. The first-order valence-electron chi connectivity index (χ1n) is 9.14. The summed E-state index contributed by atoms with van der Waals surface area (Å²) in [5, 5.41) is 13.3. The zero-order valence-electron chi connectivity index (χ0n) is 16.1. The first kappa shape index (κ1) is 19.1. The Morgan fingerprint density at radius 3 is 2.69 bits per heavy atom. The van der Waals surface area contributed by atoms with Gasteiger partial charge in [0, 0.05) is 42.9 Å². The Hall–Kier alpha value is -3.20. The molecule has 0 bridgehead atoms. The van der Waals surface area contributed by atoms with Gasteiger partial charge in [-0.2, -0.15) is 0 Å². The molecule has 0 radical (unpaired) electrons. The Labute approximate surface area is 167 Å². The molecule has 1 fully saturated rings. The smallest absolute Gasteiger partial charge is 0.244 e. The maximum atomic E-state index is 14.3. The molecular weight excluding hydrogens is 379 g/mol. The van der Waals surface area contributed by atoms with Crippen molar-refractivity contribution < 1.29 is 23.8 Å². The number of benzene rings is 1. The predicted molar refractivity (Wildman–Crippen MR) is 103 cm³/mol. The summed E-state index contributed by atoms with van der Waals surface area (Å²) in [5.41, 5.74) is 2.01. The average molecular weight is 400 g/mol. The third-order valence-electron chi connectivity index (χ3n) is 4.48. The quantitative estimate of drug-likeness (QED) is 0.746. The van der Waals surface area contributed by atoms with Crippen LogP contribution >= 0.6 is 0 Å². The number of aliphatic hydroxyl groups is 1. The van der Waals surface area contributed by atoms with E-state index in [-0.39, 0.29) is 18.8 Å². The number of ether oxygens (including phenoxy) is 2. The van der Waals surface area contributed by atoms with Crippen molar-refractivity contribution >= 4 is 11.7 Å². The molecular formula is C20H21FN4O4. The lowest BCUT2D eigenvalue weighted by molar-refractivity contribution is -0.121. The van der Waals surface area contributed by atoms with Gasteiger partial charge in [-0.25, -0.2) is 14.4 Å². The highest BCUT2D eigenvalue weighted by Crippen LogP contribution is 2.26. The minimum Gasteiger partial charge on any atom is -0.457 e. The van der Waals surface area contributed by atoms with E-state index in [0.717, 1.165) is 5.71 Å². The van der Waals surface area contributed by atoms with Crippen molar-refractivity contribution in [2.24, 2.45) is 5.16 Å². The van der Waals surface area contributed by atoms with Crippen molar-refractivity contribution in [3.05, 3.63) is 54.0 Å². The van der Waals surface area contributed by atoms with Gasteiger partial charge in [-0.05, 0) is 0 Å². The molecule has 9 heteroatoms. The monoisotopic (exact) mass is 400 g/mol. The molecule has 0 spiro atoms. The summed E-state index contributed by atoms with van der Waals surface area (Å²) in [6.07, 6.45) is 4.67. The zero-order valence-corrected chi connectivity index (χ0v) is 16.1. The maximum absolute atomic E-state index is 14.3. The van der Waals surface area contributed by atoms with Crippen molar-refractivity contribution in [2.45, 2.75) is 26.2 Å². The Morgan fingerprint density at radius 1 is 1.28 bits per heavy atom. The van der Waals surface area contributed by atoms with Crippen LogP contribution in [0.2, 0.25) is 0 Å². The van der Waals surface area contributed by atoms with Gasteiger partial charge in [-0.1, -0.05) is 23.4 Å². The lowest BCUT2D eigenvalue weighted by Gasteiger charge is -2.31. The molecule has 152 valence electrons. The van der Waals surface area contributed by atoms with Gasteiger partial charge in [-0.15, -0.1) is 0 Å². The van der Waals surface area contributed by atoms with Crippen LogP contribution < -0.4 is 4.90 Å². The molecule has 8 nitrogen and oxygen atoms in total. The second kappa shape index (κ2) is 7.67. The van der Waals surface area contributed by atoms with E-state index in [4.69, 9.17) is 14.3 Å². The van der Waals surface area contributed by atoms with Gasteiger partial charge in [0.25, 0.3) is 0 Å². The highest BCUT2D eigenvalue weighted by Gasteiger charge is 2.28. The van der Waals surface area contributed by atoms with Gasteiger partial charge in [0.2, 0.25) is 11.7 Å². The molecule has 29 heavy (non-hydrogen) atoms. The van der Waals surface area contributed by atoms with E-state index in [0.29, 0.717) is 35.9 Å². The number of aromatic nitrogens is 2. The van der Waals surface area contributed by atoms with Gasteiger partial charge < -0.3 is 24.3 Å². The van der Waals surface area contributed by atoms with E-state index < -0.39 is 11.6 Å². The Morgan fingerprint density at radius 2 is 2.03 bits per heavy atom. The van der Waals surface area contributed by atoms with Crippen LogP contribution in [-0.2, 0) is 20.9 Å². The Kier molecular flexibility index (Phi) is 5.06. The minimum atomic E-state index is -0.662. The lowest BCUT2D eigenvalue weighted by atomic mass is 10.1. The highest BCUT2D eigenvalue weighted by atomic mass is 19.1. The number of aliphatic hydroxyl groups excluding tert-OH is 1. The van der Waals surface area contributed by atoms with Crippen LogP contribution in [0.15, 0.2) is 47.8 Å². The molecule has 2 aliphatic rings. The van der Waals surface area contributed by atoms with Crippen molar-refractivity contribution in [3.8, 4) is 11.1 Å². The van der Waals surface area contributed by atoms with E-state index in [1.165, 1.54) is 6.26 Å². The van der Waals surface area contributed by atoms with Crippen LogP contribution in [0, 0.1) is 5.82 Å². The van der Waals surface area contributed by atoms with E-state index in [9.17, 15) is 9.50 Å². The molecule has 1 N–H and O–H groups in total. The van der Waals surface area contributed by atoms with E-state index in [2.05, 4.69) is 15.1 Å². The van der Waals surface area contributed by atoms with E-state index in [1.54, 1.807) is 30.6 Å². The number of nitrogens with zero attached hydrogens (tertiary/aromatic N) is 4. The maximum Gasteiger partial charge on any atom is 0.244 e. The number of hydrogen-bond acceptors (Lipinski definition) is 8. The van der Waals surface area contributed by atoms with Gasteiger partial charge in [-0.3, -0.25) is 0 Å². The standard InChI is InChI=1S/C20H21FN4O4/c1-20(2)27-11-16(29-20)12-28-24-15-8-25(9-15)19-22-6-14(7-23-19)17-5-3-4-13(10-26)18(17)21/h3-7,11,26H,8-10,12H2,1-2H3. The van der Waals surface area contributed by atoms with E-state index >= 15 is 0 Å². The first-order chi connectivity index (χ1) is 13.9. The second-order valence-corrected chi connectivity index (χ2v) is 7.20. The van der Waals surface area contributed by atoms with Gasteiger partial charge >= 0.3 is 0 Å². The summed E-state index contributed by atoms with van der Waals surface area (Å²) in [6.45, 7) is 4.58. The molecule has 0 amide bonds. The minimum absolute atomic E-state index is 0.205. The largest absolute Gasteiger partial charge is 0.457 e. The topological polar surface area (TPSA) is 89.3 Å². The van der Waals surface area contributed by atoms with Gasteiger partial charge in [0.05, 0.1) is 25.4 Å². The summed E-state index contributed by atoms with van der Waals surface area (Å²) in [6, 6.07) is 4.87. The molecule has 0 unspecified atom stereocenters. The summed E-state index contributed by atoms with van der Waals surface area (Å²) in [5.74, 6) is -0.00217. The molecule has 0 saturated carbocycles. The third kappa shape index (κ3) is 4.14. The fourth-order valence-electron chi connectivity index (χ4n) is 2.96. The molecule has 1 aromatic heterocycles. The molecule has 0 atom stereocenters. The molecule has 0 aliphatic carbocycles. The number of oxime groups is 1. The molecule has 3 heterocycles. The number of rotatable bonds is 6. The average Bonchev–Trinajstić information content (AvgIpc) is 3.03. The molecule has 1 saturated heterocycles. The summed E-state index contributed by atoms with van der Waals surface area (Å²) in [7, 11) is 0. The molecule has 1 aromatic carbocycles. The van der Waals surface area contributed by atoms with Gasteiger partial charge in [0.15, 0.2) is 12.4 Å². The fourth-order valence-corrected chi connectivity index (χ4v) is 2.96. The Bertz CT molecular complexity index is 951. The molecule has 2 aromatic rings. The van der Waals surface area contributed by atoms with Crippen molar-refractivity contribution in [3.63, 3.8) is 0 Å². The molecule has 2 aliphatic heterocycles. The SMILES string of the molecule is CC1(C)OC=C(CON=C2CN(c3ncc(-c4cccc(CO)c4F)cn3)C2)O1. The second-order valence-electron chi connectivity index (χ2n) is 7.20. The third-order valence-corrected chi connectivity index (χ3v) is 4.48. The van der Waals surface area contributed by atoms with Crippen molar-refractivity contribution in [1.29, 1.82) is 0 Å². The van der Waals surface area contributed by atoms with Crippen LogP contribution in [-0.4, -0.2) is 46.3 Å². The van der Waals surface area contributed by atoms with Crippen molar-refractivity contribution in [1.82, 2.24) is 9.97 Å².